The highest BCUT2D eigenvalue weighted by Gasteiger charge is 2.21. The van der Waals surface area contributed by atoms with E-state index in [-0.39, 0.29) is 12.1 Å². The second-order valence-electron chi connectivity index (χ2n) is 3.59. The first-order valence-electron chi connectivity index (χ1n) is 5.14. The summed E-state index contributed by atoms with van der Waals surface area (Å²) in [7, 11) is 2.63. The molecule has 1 rings (SSSR count). The SMILES string of the molecule is COC(=O)[C@H](N)Cc1ccc(OC)cc1[N+](=O)[O-]. The summed E-state index contributed by atoms with van der Waals surface area (Å²) in [5, 5.41) is 10.9. The zero-order valence-electron chi connectivity index (χ0n) is 10.1. The van der Waals surface area contributed by atoms with Crippen molar-refractivity contribution < 1.29 is 19.2 Å². The number of benzene rings is 1. The monoisotopic (exact) mass is 254 g/mol. The summed E-state index contributed by atoms with van der Waals surface area (Å²) in [5.41, 5.74) is 5.80. The van der Waals surface area contributed by atoms with Crippen LogP contribution in [-0.4, -0.2) is 31.2 Å². The molecule has 0 aliphatic rings. The number of nitrogens with two attached hydrogens (primary N) is 1. The van der Waals surface area contributed by atoms with Crippen molar-refractivity contribution in [3.05, 3.63) is 33.9 Å². The van der Waals surface area contributed by atoms with Crippen molar-refractivity contribution in [1.82, 2.24) is 0 Å². The van der Waals surface area contributed by atoms with E-state index in [9.17, 15) is 14.9 Å². The third kappa shape index (κ3) is 3.17. The van der Waals surface area contributed by atoms with Gasteiger partial charge in [-0.05, 0) is 12.1 Å². The van der Waals surface area contributed by atoms with Crippen LogP contribution in [0.15, 0.2) is 18.2 Å². The van der Waals surface area contributed by atoms with E-state index in [1.54, 1.807) is 6.07 Å². The molecule has 1 aromatic rings. The Morgan fingerprint density at radius 3 is 2.67 bits per heavy atom. The van der Waals surface area contributed by atoms with Crippen LogP contribution in [0.1, 0.15) is 5.56 Å². The number of esters is 1. The van der Waals surface area contributed by atoms with Gasteiger partial charge in [0.05, 0.1) is 25.2 Å². The first-order valence-corrected chi connectivity index (χ1v) is 5.14. The summed E-state index contributed by atoms with van der Waals surface area (Å²) in [6.07, 6.45) is 0.0347. The van der Waals surface area contributed by atoms with E-state index in [4.69, 9.17) is 10.5 Å². The Morgan fingerprint density at radius 1 is 1.50 bits per heavy atom. The van der Waals surface area contributed by atoms with E-state index >= 15 is 0 Å². The van der Waals surface area contributed by atoms with E-state index in [0.717, 1.165) is 0 Å². The summed E-state index contributed by atoms with van der Waals surface area (Å²) in [6.45, 7) is 0. The van der Waals surface area contributed by atoms with Crippen molar-refractivity contribution in [2.24, 2.45) is 5.73 Å². The van der Waals surface area contributed by atoms with Gasteiger partial charge in [0.2, 0.25) is 0 Å². The lowest BCUT2D eigenvalue weighted by Gasteiger charge is -2.10. The van der Waals surface area contributed by atoms with Crippen molar-refractivity contribution in [2.45, 2.75) is 12.5 Å². The Hall–Kier alpha value is -2.15. The van der Waals surface area contributed by atoms with Crippen LogP contribution in [0, 0.1) is 10.1 Å². The molecule has 1 aromatic carbocycles. The highest BCUT2D eigenvalue weighted by Crippen LogP contribution is 2.25. The van der Waals surface area contributed by atoms with Crippen molar-refractivity contribution >= 4 is 11.7 Å². The second-order valence-corrected chi connectivity index (χ2v) is 3.59. The quantitative estimate of drug-likeness (QED) is 0.470. The molecule has 0 heterocycles. The van der Waals surface area contributed by atoms with Crippen molar-refractivity contribution in [3.8, 4) is 5.75 Å². The lowest BCUT2D eigenvalue weighted by atomic mass is 10.0. The Labute approximate surface area is 104 Å². The van der Waals surface area contributed by atoms with Crippen LogP contribution in [0.5, 0.6) is 5.75 Å². The van der Waals surface area contributed by atoms with E-state index in [2.05, 4.69) is 4.74 Å². The molecule has 98 valence electrons. The summed E-state index contributed by atoms with van der Waals surface area (Å²) >= 11 is 0. The zero-order valence-corrected chi connectivity index (χ0v) is 10.1. The number of carbonyl (C=O) groups is 1. The molecule has 7 nitrogen and oxygen atoms in total. The highest BCUT2D eigenvalue weighted by molar-refractivity contribution is 5.76. The van der Waals surface area contributed by atoms with E-state index in [0.29, 0.717) is 11.3 Å². The normalized spacial score (nSPS) is 11.7. The van der Waals surface area contributed by atoms with Crippen molar-refractivity contribution in [2.75, 3.05) is 14.2 Å². The number of hydrogen-bond donors (Lipinski definition) is 1. The fourth-order valence-electron chi connectivity index (χ4n) is 1.48. The molecule has 0 aromatic heterocycles. The molecule has 0 aliphatic carbocycles. The molecule has 0 aliphatic heterocycles. The molecule has 0 bridgehead atoms. The fraction of sp³-hybridized carbons (Fsp3) is 0.364. The van der Waals surface area contributed by atoms with Crippen LogP contribution >= 0.6 is 0 Å². The summed E-state index contributed by atoms with van der Waals surface area (Å²) in [4.78, 5) is 21.5. The smallest absolute Gasteiger partial charge is 0.322 e. The maximum atomic E-state index is 11.2. The zero-order chi connectivity index (χ0) is 13.7. The molecular weight excluding hydrogens is 240 g/mol. The minimum Gasteiger partial charge on any atom is -0.497 e. The maximum Gasteiger partial charge on any atom is 0.322 e. The molecule has 7 heteroatoms. The molecule has 18 heavy (non-hydrogen) atoms. The van der Waals surface area contributed by atoms with Gasteiger partial charge in [0, 0.05) is 12.0 Å². The van der Waals surface area contributed by atoms with Gasteiger partial charge in [0.15, 0.2) is 0 Å². The average Bonchev–Trinajstić information content (AvgIpc) is 2.37. The van der Waals surface area contributed by atoms with Crippen LogP contribution < -0.4 is 10.5 Å². The number of ether oxygens (including phenoxy) is 2. The Bertz CT molecular complexity index is 461. The van der Waals surface area contributed by atoms with Gasteiger partial charge >= 0.3 is 5.97 Å². The molecule has 0 amide bonds. The van der Waals surface area contributed by atoms with Gasteiger partial charge in [-0.2, -0.15) is 0 Å². The van der Waals surface area contributed by atoms with Gasteiger partial charge in [0.1, 0.15) is 11.8 Å². The summed E-state index contributed by atoms with van der Waals surface area (Å²) < 4.78 is 9.38. The third-order valence-corrected chi connectivity index (χ3v) is 2.43. The second kappa shape index (κ2) is 5.97. The predicted molar refractivity (Wildman–Crippen MR) is 63.3 cm³/mol. The summed E-state index contributed by atoms with van der Waals surface area (Å²) in [6, 6.07) is 3.45. The number of hydrogen-bond acceptors (Lipinski definition) is 6. The lowest BCUT2D eigenvalue weighted by molar-refractivity contribution is -0.385. The van der Waals surface area contributed by atoms with Crippen LogP contribution in [0.2, 0.25) is 0 Å². The van der Waals surface area contributed by atoms with Crippen molar-refractivity contribution in [3.63, 3.8) is 0 Å². The molecule has 0 saturated heterocycles. The molecule has 0 radical (unpaired) electrons. The van der Waals surface area contributed by atoms with Crippen LogP contribution in [0.3, 0.4) is 0 Å². The number of nitrogens with zero attached hydrogens (tertiary/aromatic N) is 1. The van der Waals surface area contributed by atoms with E-state index in [1.807, 2.05) is 0 Å². The molecule has 0 unspecified atom stereocenters. The predicted octanol–water partition coefficient (Wildman–Crippen LogP) is 0.646. The topological polar surface area (TPSA) is 105 Å². The number of nitro groups is 1. The Morgan fingerprint density at radius 2 is 2.17 bits per heavy atom. The molecule has 0 saturated carbocycles. The van der Waals surface area contributed by atoms with Gasteiger partial charge in [-0.15, -0.1) is 0 Å². The van der Waals surface area contributed by atoms with Crippen LogP contribution in [-0.2, 0) is 16.0 Å². The summed E-state index contributed by atoms with van der Waals surface area (Å²) in [5.74, 6) is -0.239. The molecule has 2 N–H and O–H groups in total. The van der Waals surface area contributed by atoms with Crippen LogP contribution in [0.4, 0.5) is 5.69 Å². The lowest BCUT2D eigenvalue weighted by Crippen LogP contribution is -2.33. The standard InChI is InChI=1S/C11H14N2O5/c1-17-8-4-3-7(10(6-8)13(15)16)5-9(12)11(14)18-2/h3-4,6,9H,5,12H2,1-2H3/t9-/m1/s1. The number of methoxy groups -OCH3 is 2. The fourth-order valence-corrected chi connectivity index (χ4v) is 1.48. The number of carbonyl (C=O) groups excluding carboxylic acids is 1. The largest absolute Gasteiger partial charge is 0.497 e. The first kappa shape index (κ1) is 13.9. The molecule has 1 atom stereocenters. The van der Waals surface area contributed by atoms with Crippen molar-refractivity contribution in [1.29, 1.82) is 0 Å². The number of nitro benzene ring substituents is 1. The van der Waals surface area contributed by atoms with Gasteiger partial charge in [0.25, 0.3) is 5.69 Å². The molecule has 0 spiro atoms. The van der Waals surface area contributed by atoms with E-state index < -0.39 is 16.9 Å². The van der Waals surface area contributed by atoms with Gasteiger partial charge in [-0.3, -0.25) is 14.9 Å². The Kier molecular flexibility index (Phi) is 4.61. The molecule has 0 fully saturated rings. The third-order valence-electron chi connectivity index (χ3n) is 2.43. The molecular formula is C11H14N2O5. The van der Waals surface area contributed by atoms with Gasteiger partial charge < -0.3 is 15.2 Å². The highest BCUT2D eigenvalue weighted by atomic mass is 16.6. The minimum absolute atomic E-state index is 0.0347. The van der Waals surface area contributed by atoms with Gasteiger partial charge in [-0.25, -0.2) is 0 Å². The van der Waals surface area contributed by atoms with Gasteiger partial charge in [-0.1, -0.05) is 0 Å². The van der Waals surface area contributed by atoms with Crippen LogP contribution in [0.25, 0.3) is 0 Å². The first-order chi connectivity index (χ1) is 8.49. The minimum atomic E-state index is -0.929. The van der Waals surface area contributed by atoms with E-state index in [1.165, 1.54) is 26.4 Å². The average molecular weight is 254 g/mol. The number of rotatable bonds is 5. The Balaban J connectivity index is 3.01. The maximum absolute atomic E-state index is 11.2.